The largest absolute Gasteiger partial charge is 0.331 e. The number of hydrogen-bond acceptors (Lipinski definition) is 3. The molecule has 0 bridgehead atoms. The summed E-state index contributed by atoms with van der Waals surface area (Å²) in [6, 6.07) is 12.2. The van der Waals surface area contributed by atoms with Crippen molar-refractivity contribution in [2.24, 2.45) is 7.05 Å². The van der Waals surface area contributed by atoms with Crippen LogP contribution in [0, 0.1) is 11.3 Å². The van der Waals surface area contributed by atoms with E-state index in [0.29, 0.717) is 5.56 Å². The average molecular weight is 281 g/mol. The highest BCUT2D eigenvalue weighted by molar-refractivity contribution is 7.09. The number of benzene rings is 1. The van der Waals surface area contributed by atoms with Gasteiger partial charge in [0.05, 0.1) is 11.1 Å². The van der Waals surface area contributed by atoms with Crippen LogP contribution in [0.1, 0.15) is 22.7 Å². The third-order valence-corrected chi connectivity index (χ3v) is 4.46. The summed E-state index contributed by atoms with van der Waals surface area (Å²) in [5.41, 5.74) is 2.52. The van der Waals surface area contributed by atoms with Crippen molar-refractivity contribution in [2.75, 3.05) is 0 Å². The number of para-hydroxylation sites is 1. The number of thiophene rings is 1. The summed E-state index contributed by atoms with van der Waals surface area (Å²) in [7, 11) is 2.02. The summed E-state index contributed by atoms with van der Waals surface area (Å²) in [5, 5.41) is 11.3. The molecule has 0 aliphatic heterocycles. The quantitative estimate of drug-likeness (QED) is 0.732. The summed E-state index contributed by atoms with van der Waals surface area (Å²) in [6.45, 7) is 0. The molecule has 0 spiro atoms. The topological polar surface area (TPSA) is 41.6 Å². The first kappa shape index (κ1) is 12.9. The van der Waals surface area contributed by atoms with Crippen LogP contribution in [0.25, 0.3) is 11.0 Å². The number of aryl methyl sites for hydroxylation is 3. The molecule has 0 aliphatic carbocycles. The second kappa shape index (κ2) is 5.48. The van der Waals surface area contributed by atoms with Gasteiger partial charge in [0, 0.05) is 18.3 Å². The zero-order valence-corrected chi connectivity index (χ0v) is 12.2. The molecule has 0 N–H and O–H groups in total. The van der Waals surface area contributed by atoms with Crippen molar-refractivity contribution >= 4 is 22.4 Å². The Morgan fingerprint density at radius 1 is 1.25 bits per heavy atom. The minimum atomic E-state index is 0.655. The smallest absolute Gasteiger partial charge is 0.109 e. The maximum Gasteiger partial charge on any atom is 0.109 e. The normalized spacial score (nSPS) is 10.8. The number of fused-ring (bicyclic) bond motifs is 1. The van der Waals surface area contributed by atoms with Crippen molar-refractivity contribution in [2.45, 2.75) is 19.3 Å². The van der Waals surface area contributed by atoms with Gasteiger partial charge in [-0.2, -0.15) is 5.26 Å². The first-order chi connectivity index (χ1) is 9.79. The highest BCUT2D eigenvalue weighted by Crippen LogP contribution is 2.20. The number of rotatable bonds is 4. The van der Waals surface area contributed by atoms with Gasteiger partial charge in [-0.15, -0.1) is 11.3 Å². The summed E-state index contributed by atoms with van der Waals surface area (Å²) in [6.07, 6.45) is 3.11. The van der Waals surface area contributed by atoms with Crippen LogP contribution in [0.5, 0.6) is 0 Å². The molecule has 3 aromatic rings. The van der Waals surface area contributed by atoms with Crippen LogP contribution in [0.2, 0.25) is 0 Å². The molecule has 1 aromatic carbocycles. The van der Waals surface area contributed by atoms with Crippen LogP contribution in [-0.2, 0) is 19.9 Å². The van der Waals surface area contributed by atoms with E-state index in [4.69, 9.17) is 5.26 Å². The number of nitriles is 1. The van der Waals surface area contributed by atoms with E-state index in [2.05, 4.69) is 33.1 Å². The highest BCUT2D eigenvalue weighted by atomic mass is 32.1. The molecule has 0 saturated carbocycles. The SMILES string of the molecule is Cn1c(CCCc2cccs2)nc2c(C#N)cccc21. The molecular weight excluding hydrogens is 266 g/mol. The molecule has 0 unspecified atom stereocenters. The van der Waals surface area contributed by atoms with Gasteiger partial charge in [0.1, 0.15) is 17.4 Å². The summed E-state index contributed by atoms with van der Waals surface area (Å²) in [4.78, 5) is 6.06. The number of aromatic nitrogens is 2. The molecule has 0 radical (unpaired) electrons. The Labute approximate surface area is 122 Å². The fraction of sp³-hybridized carbons (Fsp3) is 0.250. The first-order valence-corrected chi connectivity index (χ1v) is 7.54. The van der Waals surface area contributed by atoms with Crippen LogP contribution in [-0.4, -0.2) is 9.55 Å². The Morgan fingerprint density at radius 3 is 2.90 bits per heavy atom. The number of hydrogen-bond donors (Lipinski definition) is 0. The van der Waals surface area contributed by atoms with E-state index >= 15 is 0 Å². The minimum absolute atomic E-state index is 0.655. The van der Waals surface area contributed by atoms with E-state index in [1.807, 2.05) is 25.2 Å². The summed E-state index contributed by atoms with van der Waals surface area (Å²) >= 11 is 1.80. The molecule has 20 heavy (non-hydrogen) atoms. The monoisotopic (exact) mass is 281 g/mol. The number of nitrogens with zero attached hydrogens (tertiary/aromatic N) is 3. The van der Waals surface area contributed by atoms with Crippen molar-refractivity contribution in [1.82, 2.24) is 9.55 Å². The Balaban J connectivity index is 1.82. The molecule has 2 heterocycles. The van der Waals surface area contributed by atoms with Gasteiger partial charge in [0.15, 0.2) is 0 Å². The Hall–Kier alpha value is -2.12. The Kier molecular flexibility index (Phi) is 3.53. The lowest BCUT2D eigenvalue weighted by Crippen LogP contribution is -1.98. The van der Waals surface area contributed by atoms with Gasteiger partial charge in [-0.25, -0.2) is 4.98 Å². The van der Waals surface area contributed by atoms with Crippen molar-refractivity contribution in [3.05, 3.63) is 52.0 Å². The summed E-state index contributed by atoms with van der Waals surface area (Å²) < 4.78 is 2.10. The van der Waals surface area contributed by atoms with Crippen molar-refractivity contribution in [3.8, 4) is 6.07 Å². The lowest BCUT2D eigenvalue weighted by atomic mass is 10.2. The van der Waals surface area contributed by atoms with Crippen LogP contribution in [0.15, 0.2) is 35.7 Å². The molecule has 0 aliphatic rings. The predicted octanol–water partition coefficient (Wildman–Crippen LogP) is 3.68. The van der Waals surface area contributed by atoms with E-state index in [9.17, 15) is 0 Å². The van der Waals surface area contributed by atoms with Gasteiger partial charge < -0.3 is 4.57 Å². The molecule has 2 aromatic heterocycles. The van der Waals surface area contributed by atoms with Crippen LogP contribution in [0.3, 0.4) is 0 Å². The Bertz CT molecular complexity index is 763. The highest BCUT2D eigenvalue weighted by Gasteiger charge is 2.10. The van der Waals surface area contributed by atoms with Crippen LogP contribution < -0.4 is 0 Å². The fourth-order valence-corrected chi connectivity index (χ4v) is 3.20. The molecule has 4 heteroatoms. The second-order valence-electron chi connectivity index (χ2n) is 4.81. The zero-order valence-electron chi connectivity index (χ0n) is 11.3. The molecule has 100 valence electrons. The average Bonchev–Trinajstić information content (AvgIpc) is 3.08. The van der Waals surface area contributed by atoms with Gasteiger partial charge in [-0.05, 0) is 36.4 Å². The number of imidazole rings is 1. The Morgan fingerprint density at radius 2 is 2.15 bits per heavy atom. The van der Waals surface area contributed by atoms with Crippen LogP contribution in [0.4, 0.5) is 0 Å². The lowest BCUT2D eigenvalue weighted by molar-refractivity contribution is 0.737. The van der Waals surface area contributed by atoms with E-state index < -0.39 is 0 Å². The maximum atomic E-state index is 9.14. The van der Waals surface area contributed by atoms with Crippen molar-refractivity contribution < 1.29 is 0 Å². The third-order valence-electron chi connectivity index (χ3n) is 3.53. The van der Waals surface area contributed by atoms with Gasteiger partial charge in [0.2, 0.25) is 0 Å². The van der Waals surface area contributed by atoms with Gasteiger partial charge in [-0.1, -0.05) is 12.1 Å². The second-order valence-corrected chi connectivity index (χ2v) is 5.84. The van der Waals surface area contributed by atoms with E-state index in [0.717, 1.165) is 36.1 Å². The maximum absolute atomic E-state index is 9.14. The predicted molar refractivity (Wildman–Crippen MR) is 81.8 cm³/mol. The van der Waals surface area contributed by atoms with Crippen molar-refractivity contribution in [3.63, 3.8) is 0 Å². The fourth-order valence-electron chi connectivity index (χ4n) is 2.45. The molecule has 3 rings (SSSR count). The van der Waals surface area contributed by atoms with Gasteiger partial charge in [-0.3, -0.25) is 0 Å². The third kappa shape index (κ3) is 2.33. The zero-order chi connectivity index (χ0) is 13.9. The molecule has 0 atom stereocenters. The van der Waals surface area contributed by atoms with E-state index in [1.165, 1.54) is 4.88 Å². The lowest BCUT2D eigenvalue weighted by Gasteiger charge is -2.01. The molecular formula is C16H15N3S. The van der Waals surface area contributed by atoms with Gasteiger partial charge in [0.25, 0.3) is 0 Å². The first-order valence-electron chi connectivity index (χ1n) is 6.66. The minimum Gasteiger partial charge on any atom is -0.331 e. The molecule has 0 amide bonds. The standard InChI is InChI=1S/C16H15N3S/c1-19-14-8-2-5-12(11-17)16(14)18-15(19)9-3-6-13-7-4-10-20-13/h2,4-5,7-8,10H,3,6,9H2,1H3. The summed E-state index contributed by atoms with van der Waals surface area (Å²) in [5.74, 6) is 1.05. The van der Waals surface area contributed by atoms with Crippen molar-refractivity contribution in [1.29, 1.82) is 5.26 Å². The van der Waals surface area contributed by atoms with E-state index in [1.54, 1.807) is 11.3 Å². The van der Waals surface area contributed by atoms with Crippen LogP contribution >= 0.6 is 11.3 Å². The molecule has 3 nitrogen and oxygen atoms in total. The van der Waals surface area contributed by atoms with Gasteiger partial charge >= 0.3 is 0 Å². The molecule has 0 fully saturated rings. The van der Waals surface area contributed by atoms with E-state index in [-0.39, 0.29) is 0 Å². The molecule has 0 saturated heterocycles.